The minimum absolute atomic E-state index is 0. The van der Waals surface area contributed by atoms with Crippen LogP contribution in [-0.4, -0.2) is 49.5 Å². The van der Waals surface area contributed by atoms with E-state index in [1.54, 1.807) is 0 Å². The third-order valence-electron chi connectivity index (χ3n) is 12.7. The van der Waals surface area contributed by atoms with Crippen molar-refractivity contribution in [1.29, 1.82) is 0 Å². The number of carbonyl (C=O) groups is 2. The summed E-state index contributed by atoms with van der Waals surface area (Å²) in [6, 6.07) is 27.0. The van der Waals surface area contributed by atoms with Crippen molar-refractivity contribution in [2.75, 3.05) is 32.2 Å². The van der Waals surface area contributed by atoms with Crippen molar-refractivity contribution in [3.05, 3.63) is 108 Å². The van der Waals surface area contributed by atoms with Gasteiger partial charge in [-0.15, -0.1) is 0 Å². The fraction of sp³-hybridized carbons (Fsp3) is 0.481. The van der Waals surface area contributed by atoms with Gasteiger partial charge in [-0.05, 0) is 84.8 Å². The van der Waals surface area contributed by atoms with Crippen molar-refractivity contribution in [3.63, 3.8) is 0 Å². The molecule has 0 atom stereocenters. The lowest BCUT2D eigenvalue weighted by molar-refractivity contribution is -0.438. The largest absolute Gasteiger partial charge is 1.00 e. The topological polar surface area (TPSA) is 58.9 Å². The quantitative estimate of drug-likeness (QED) is 0.0475. The molecule has 6 rings (SSSR count). The highest BCUT2D eigenvalue weighted by atomic mass is 79.9. The van der Waals surface area contributed by atoms with E-state index in [9.17, 15) is 9.59 Å². The summed E-state index contributed by atoms with van der Waals surface area (Å²) in [5, 5.41) is 5.27. The highest BCUT2D eigenvalue weighted by Crippen LogP contribution is 2.51. The Balaban J connectivity index is 0.00000661. The van der Waals surface area contributed by atoms with Crippen molar-refractivity contribution >= 4 is 50.6 Å². The zero-order valence-electron chi connectivity index (χ0n) is 36.6. The molecule has 0 saturated heterocycles. The second kappa shape index (κ2) is 21.3. The number of hydrogen-bond acceptors (Lipinski definition) is 5. The van der Waals surface area contributed by atoms with E-state index in [4.69, 9.17) is 9.47 Å². The van der Waals surface area contributed by atoms with Gasteiger partial charge >= 0.3 is 11.9 Å². The van der Waals surface area contributed by atoms with Crippen LogP contribution in [-0.2, 0) is 29.9 Å². The monoisotopic (exact) mass is 862 g/mol. The molecule has 4 aromatic carbocycles. The Bertz CT molecular complexity index is 2160. The van der Waals surface area contributed by atoms with E-state index < -0.39 is 0 Å². The summed E-state index contributed by atoms with van der Waals surface area (Å²) in [6.45, 7) is 11.6. The van der Waals surface area contributed by atoms with Gasteiger partial charge in [0.1, 0.15) is 6.54 Å². The number of rotatable bonds is 21. The first-order valence-corrected chi connectivity index (χ1v) is 22.1. The van der Waals surface area contributed by atoms with E-state index in [-0.39, 0.29) is 39.8 Å². The van der Waals surface area contributed by atoms with Crippen LogP contribution in [0.4, 0.5) is 11.4 Å². The normalized spacial score (nSPS) is 15.9. The van der Waals surface area contributed by atoms with Crippen molar-refractivity contribution in [1.82, 2.24) is 0 Å². The summed E-state index contributed by atoms with van der Waals surface area (Å²) in [5.74, 6) is -0.209. The number of esters is 2. The molecule has 59 heavy (non-hydrogen) atoms. The van der Waals surface area contributed by atoms with Gasteiger partial charge in [0.05, 0.1) is 19.6 Å². The van der Waals surface area contributed by atoms with Gasteiger partial charge in [0.2, 0.25) is 5.69 Å². The molecule has 0 spiro atoms. The first-order chi connectivity index (χ1) is 28.1. The summed E-state index contributed by atoms with van der Waals surface area (Å²) >= 11 is 0. The number of allylic oxidation sites excluding steroid dienone is 4. The van der Waals surface area contributed by atoms with Gasteiger partial charge < -0.3 is 31.4 Å². The summed E-state index contributed by atoms with van der Waals surface area (Å²) in [5.41, 5.74) is 7.90. The molecule has 0 amide bonds. The van der Waals surface area contributed by atoms with E-state index >= 15 is 0 Å². The van der Waals surface area contributed by atoms with Gasteiger partial charge in [-0.2, -0.15) is 4.58 Å². The average Bonchev–Trinajstić information content (AvgIpc) is 3.58. The van der Waals surface area contributed by atoms with E-state index in [2.05, 4.69) is 128 Å². The van der Waals surface area contributed by atoms with Gasteiger partial charge in [0.25, 0.3) is 0 Å². The number of halogens is 1. The fourth-order valence-electron chi connectivity index (χ4n) is 9.66. The molecule has 316 valence electrons. The SMILES string of the molecule is COC(=O)CCCCCCCCC[N+]1=C(/C=C/C=C2\N(CCCCCCCCC(=O)OC)c3ccc4ccccc4c3C2(C)C)C(C)(C)c2c1ccc1ccccc21.[Br-]. The Morgan fingerprint density at radius 2 is 1.12 bits per heavy atom. The Morgan fingerprint density at radius 3 is 1.71 bits per heavy atom. The molecule has 0 unspecified atom stereocenters. The standard InChI is InChI=1S/C52H67N2O4.BrH/c1-51(2)45(53(37-22-14-10-7-8-12-16-31-47(55)57-5)43-35-33-39-25-18-20-27-41(39)49(43)51)29-24-30-46-52(3,4)50-42-28-21-19-26-40(42)34-36-44(50)54(46)38-23-15-11-9-13-17-32-48(56)58-6;/h18-21,24-30,33-36H,7-17,22-23,31-32,37-38H2,1-6H3;1H/q+1;/p-1. The number of hydrogen-bond donors (Lipinski definition) is 0. The second-order valence-corrected chi connectivity index (χ2v) is 17.5. The lowest BCUT2D eigenvalue weighted by Gasteiger charge is -2.27. The van der Waals surface area contributed by atoms with Gasteiger partial charge in [0.15, 0.2) is 5.71 Å². The maximum Gasteiger partial charge on any atom is 0.305 e. The van der Waals surface area contributed by atoms with E-state index in [1.807, 2.05) is 0 Å². The minimum Gasteiger partial charge on any atom is -1.00 e. The lowest BCUT2D eigenvalue weighted by atomic mass is 9.79. The molecule has 0 bridgehead atoms. The third kappa shape index (κ3) is 10.6. The smallest absolute Gasteiger partial charge is 0.305 e. The number of unbranched alkanes of at least 4 members (excludes halogenated alkanes) is 11. The molecule has 2 aliphatic rings. The molecule has 0 radical (unpaired) electrons. The van der Waals surface area contributed by atoms with Crippen LogP contribution in [0, 0.1) is 0 Å². The Morgan fingerprint density at radius 1 is 0.610 bits per heavy atom. The predicted octanol–water partition coefficient (Wildman–Crippen LogP) is 9.81. The maximum absolute atomic E-state index is 11.5. The highest BCUT2D eigenvalue weighted by molar-refractivity contribution is 6.07. The lowest BCUT2D eigenvalue weighted by Crippen LogP contribution is -3.00. The molecule has 0 saturated carbocycles. The number of ether oxygens (including phenoxy) is 2. The number of nitrogens with zero attached hydrogens (tertiary/aromatic N) is 2. The van der Waals surface area contributed by atoms with Crippen molar-refractivity contribution in [2.45, 2.75) is 135 Å². The number of anilines is 1. The predicted molar refractivity (Wildman–Crippen MR) is 242 cm³/mol. The first-order valence-electron chi connectivity index (χ1n) is 22.1. The molecule has 2 aliphatic heterocycles. The van der Waals surface area contributed by atoms with Crippen molar-refractivity contribution in [2.24, 2.45) is 0 Å². The highest BCUT2D eigenvalue weighted by Gasteiger charge is 2.45. The van der Waals surface area contributed by atoms with Crippen LogP contribution >= 0.6 is 0 Å². The number of benzene rings is 4. The van der Waals surface area contributed by atoms with E-state index in [1.165, 1.54) is 108 Å². The van der Waals surface area contributed by atoms with Crippen LogP contribution in [0.1, 0.15) is 135 Å². The zero-order chi connectivity index (χ0) is 41.1. The van der Waals surface area contributed by atoms with Crippen LogP contribution < -0.4 is 21.9 Å². The summed E-state index contributed by atoms with van der Waals surface area (Å²) in [6.07, 6.45) is 22.7. The fourth-order valence-corrected chi connectivity index (χ4v) is 9.66. The Kier molecular flexibility index (Phi) is 16.6. The van der Waals surface area contributed by atoms with Crippen molar-refractivity contribution in [3.8, 4) is 0 Å². The van der Waals surface area contributed by atoms with Gasteiger partial charge in [-0.3, -0.25) is 9.59 Å². The molecule has 4 aromatic rings. The molecular formula is C52H67BrN2O4. The first kappa shape index (κ1) is 45.8. The van der Waals surface area contributed by atoms with Crippen LogP contribution in [0.3, 0.4) is 0 Å². The second-order valence-electron chi connectivity index (χ2n) is 17.5. The van der Waals surface area contributed by atoms with Gasteiger partial charge in [-0.25, -0.2) is 0 Å². The van der Waals surface area contributed by atoms with Crippen LogP contribution in [0.15, 0.2) is 96.7 Å². The molecule has 0 fully saturated rings. The molecule has 7 heteroatoms. The van der Waals surface area contributed by atoms with Crippen LogP contribution in [0.25, 0.3) is 21.5 Å². The van der Waals surface area contributed by atoms with E-state index in [0.29, 0.717) is 12.8 Å². The Hall–Kier alpha value is -4.23. The van der Waals surface area contributed by atoms with Gasteiger partial charge in [0, 0.05) is 60.3 Å². The number of methoxy groups -OCH3 is 2. The third-order valence-corrected chi connectivity index (χ3v) is 12.7. The average molecular weight is 864 g/mol. The van der Waals surface area contributed by atoms with Crippen LogP contribution in [0.2, 0.25) is 0 Å². The van der Waals surface area contributed by atoms with E-state index in [0.717, 1.165) is 58.0 Å². The minimum atomic E-state index is -0.164. The molecule has 0 aromatic heterocycles. The molecule has 2 heterocycles. The summed E-state index contributed by atoms with van der Waals surface area (Å²) in [4.78, 5) is 25.6. The van der Waals surface area contributed by atoms with Crippen molar-refractivity contribution < 1.29 is 40.6 Å². The van der Waals surface area contributed by atoms with Gasteiger partial charge in [-0.1, -0.05) is 126 Å². The zero-order valence-corrected chi connectivity index (χ0v) is 38.2. The number of fused-ring (bicyclic) bond motifs is 6. The maximum atomic E-state index is 11.5. The van der Waals surface area contributed by atoms with Crippen LogP contribution in [0.5, 0.6) is 0 Å². The molecular weight excluding hydrogens is 796 g/mol. The Labute approximate surface area is 364 Å². The summed E-state index contributed by atoms with van der Waals surface area (Å²) in [7, 11) is 2.94. The molecule has 0 aliphatic carbocycles. The molecule has 6 nitrogen and oxygen atoms in total. The molecule has 0 N–H and O–H groups in total. The summed E-state index contributed by atoms with van der Waals surface area (Å²) < 4.78 is 12.2. The number of carbonyl (C=O) groups excluding carboxylic acids is 2.